The lowest BCUT2D eigenvalue weighted by Gasteiger charge is -2.53. The molecule has 0 amide bonds. The van der Waals surface area contributed by atoms with E-state index in [-0.39, 0.29) is 45.1 Å². The van der Waals surface area contributed by atoms with E-state index in [0.29, 0.717) is 24.2 Å². The van der Waals surface area contributed by atoms with Crippen molar-refractivity contribution < 1.29 is 65.3 Å². The monoisotopic (exact) mass is 1350 g/mol. The van der Waals surface area contributed by atoms with Crippen molar-refractivity contribution in [1.29, 1.82) is 0 Å². The molecule has 0 spiro atoms. The van der Waals surface area contributed by atoms with Gasteiger partial charge in [0.15, 0.2) is 39.4 Å². The van der Waals surface area contributed by atoms with Gasteiger partial charge >= 0.3 is 18.1 Å². The number of thiazole rings is 1. The average Bonchev–Trinajstić information content (AvgIpc) is 1.37. The molecule has 0 unspecified atom stereocenters. The SMILES string of the molecule is C=CCOC(=O)[C@H]1O[C@@H](Oc2ccc(COC(=O)O[C@H]3CC(=O)O[C@H](c4ccc5sc(C)nc5c4)C/C=C(/C)CCC[C@H](C)[C@H](O[Si](C)(C)C(C)(C)C)[C@@H](CC=C)C(=O)C3(C)C)cc2)[C@H](O[Si](C)(C)C(C)(C)C)[C@@H](O[Si](C)(C)C(C)(C)C)[C@H]1O[Si](C)(C)C(C)(C)C. The van der Waals surface area contributed by atoms with Gasteiger partial charge in [-0.1, -0.05) is 139 Å². The third-order valence-electron chi connectivity index (χ3n) is 20.4. The number of cyclic esters (lactones) is 1. The minimum absolute atomic E-state index is 0.0281. The van der Waals surface area contributed by atoms with E-state index in [9.17, 15) is 14.4 Å². The summed E-state index contributed by atoms with van der Waals surface area (Å²) < 4.78 is 68.5. The Hall–Kier alpha value is -4.10. The zero-order chi connectivity index (χ0) is 68.8. The zero-order valence-electron chi connectivity index (χ0n) is 60.2. The van der Waals surface area contributed by atoms with Gasteiger partial charge in [-0.25, -0.2) is 14.6 Å². The number of Topliss-reactive ketones (excluding diaryl/α,β-unsaturated/α-hetero) is 1. The van der Waals surface area contributed by atoms with Crippen LogP contribution >= 0.6 is 11.3 Å². The highest BCUT2D eigenvalue weighted by atomic mass is 32.1. The van der Waals surface area contributed by atoms with Crippen LogP contribution < -0.4 is 4.74 Å². The molecule has 5 rings (SSSR count). The van der Waals surface area contributed by atoms with Gasteiger partial charge in [0, 0.05) is 12.3 Å². The van der Waals surface area contributed by atoms with Gasteiger partial charge in [0.2, 0.25) is 6.29 Å². The second-order valence-electron chi connectivity index (χ2n) is 32.1. The van der Waals surface area contributed by atoms with Gasteiger partial charge in [0.05, 0.1) is 33.2 Å². The molecule has 0 aliphatic carbocycles. The molecule has 10 atom stereocenters. The number of rotatable bonds is 19. The first kappa shape index (κ1) is 77.6. The topological polar surface area (TPSA) is 173 Å². The number of esters is 2. The number of carbonyl (C=O) groups is 4. The third-order valence-corrected chi connectivity index (χ3v) is 39.2. The van der Waals surface area contributed by atoms with Crippen LogP contribution in [-0.2, 0) is 62.4 Å². The number of hydrogen-bond acceptors (Lipinski definition) is 16. The van der Waals surface area contributed by atoms with Crippen molar-refractivity contribution in [1.82, 2.24) is 4.98 Å². The molecule has 3 heterocycles. The van der Waals surface area contributed by atoms with Crippen LogP contribution in [-0.4, -0.2) is 112 Å². The number of ether oxygens (including phenoxy) is 6. The van der Waals surface area contributed by atoms with Crippen LogP contribution in [0.15, 0.2) is 79.4 Å². The number of allylic oxidation sites excluding steroid dienone is 2. The molecule has 91 heavy (non-hydrogen) atoms. The average molecular weight is 1350 g/mol. The maximum absolute atomic E-state index is 15.6. The first-order valence-corrected chi connectivity index (χ1v) is 45.2. The predicted molar refractivity (Wildman–Crippen MR) is 377 cm³/mol. The largest absolute Gasteiger partial charge is 0.508 e. The Morgan fingerprint density at radius 3 is 1.80 bits per heavy atom. The fourth-order valence-corrected chi connectivity index (χ4v) is 16.4. The second kappa shape index (κ2) is 30.3. The standard InChI is InChI=1S/C71H115NO14SSi4/c1-28-31-52-58(83-88(20,21)67(6,7)8)47(4)33-30-32-46(3)34-40-54(50-37-41-55-53(43-50)72-48(5)87-55)80-57(73)44-56(71(18,19)63(52)74)81-66(76)78-45-49-35-38-51(39-36-49)79-65-62(86-91(26,27)70(15,16)17)60(85-90(24,25)69(12,13)14)59(84-89(22,23)68(9,10)11)61(82-65)64(75)77-42-29-2/h28-29,34-39,41,43,47,52,54,56,58-62,65H,1-2,30-33,40,42,44-45H2,3-27H3/b46-34-/t47-,52+,54-,56-,58-,59+,60-,61-,62+,65+/m0/s1. The van der Waals surface area contributed by atoms with Crippen molar-refractivity contribution >= 4 is 78.7 Å². The molecular formula is C71H115NO14SSi4. The molecule has 2 aliphatic heterocycles. The summed E-state index contributed by atoms with van der Waals surface area (Å²) in [6, 6.07) is 12.9. The molecule has 3 aromatic rings. The van der Waals surface area contributed by atoms with Crippen LogP contribution in [0, 0.1) is 24.2 Å². The van der Waals surface area contributed by atoms with Gasteiger partial charge < -0.3 is 46.1 Å². The Balaban J connectivity index is 1.53. The number of carbonyl (C=O) groups excluding carboxylic acids is 4. The predicted octanol–water partition coefficient (Wildman–Crippen LogP) is 18.6. The van der Waals surface area contributed by atoms with E-state index in [1.54, 1.807) is 55.5 Å². The van der Waals surface area contributed by atoms with E-state index in [1.165, 1.54) is 6.08 Å². The van der Waals surface area contributed by atoms with Crippen LogP contribution in [0.1, 0.15) is 172 Å². The molecule has 0 radical (unpaired) electrons. The molecule has 0 N–H and O–H groups in total. The van der Waals surface area contributed by atoms with Gasteiger partial charge in [-0.15, -0.1) is 17.9 Å². The number of aromatic nitrogens is 1. The molecule has 1 fully saturated rings. The van der Waals surface area contributed by atoms with E-state index < -0.39 is 118 Å². The lowest BCUT2D eigenvalue weighted by atomic mass is 9.71. The molecule has 1 aromatic heterocycles. The molecular weight excluding hydrogens is 1240 g/mol. The summed E-state index contributed by atoms with van der Waals surface area (Å²) in [6.07, 6.45) is -0.474. The number of aryl methyl sites for hydroxylation is 1. The highest BCUT2D eigenvalue weighted by Gasteiger charge is 2.59. The summed E-state index contributed by atoms with van der Waals surface area (Å²) in [5.74, 6) is -1.83. The summed E-state index contributed by atoms with van der Waals surface area (Å²) in [6.45, 7) is 60.7. The number of fused-ring (bicyclic) bond motifs is 1. The minimum atomic E-state index is -2.67. The first-order chi connectivity index (χ1) is 41.7. The fraction of sp³-hybridized carbons (Fsp3) is 0.676. The number of nitrogens with zero attached hydrogens (tertiary/aromatic N) is 1. The minimum Gasteiger partial charge on any atom is -0.462 e. The van der Waals surface area contributed by atoms with Crippen molar-refractivity contribution in [2.75, 3.05) is 6.61 Å². The zero-order valence-corrected chi connectivity index (χ0v) is 65.0. The van der Waals surface area contributed by atoms with Gasteiger partial charge in [0.1, 0.15) is 55.3 Å². The second-order valence-corrected chi connectivity index (χ2v) is 52.4. The lowest BCUT2D eigenvalue weighted by molar-refractivity contribution is -0.263. The first-order valence-electron chi connectivity index (χ1n) is 32.8. The summed E-state index contributed by atoms with van der Waals surface area (Å²) in [7, 11) is -10.5. The van der Waals surface area contributed by atoms with Crippen molar-refractivity contribution in [2.45, 2.75) is 284 Å². The van der Waals surface area contributed by atoms with Crippen LogP contribution in [0.25, 0.3) is 10.2 Å². The number of hydrogen-bond donors (Lipinski definition) is 0. The molecule has 15 nitrogen and oxygen atoms in total. The Morgan fingerprint density at radius 2 is 1.26 bits per heavy atom. The summed E-state index contributed by atoms with van der Waals surface area (Å²) >= 11 is 1.60. The van der Waals surface area contributed by atoms with E-state index in [4.69, 9.17) is 51.1 Å². The molecule has 510 valence electrons. The summed E-state index contributed by atoms with van der Waals surface area (Å²) in [4.78, 5) is 63.7. The van der Waals surface area contributed by atoms with Crippen molar-refractivity contribution in [3.05, 3.63) is 95.6 Å². The van der Waals surface area contributed by atoms with Gasteiger partial charge in [0.25, 0.3) is 0 Å². The lowest BCUT2D eigenvalue weighted by Crippen LogP contribution is -2.69. The molecule has 1 saturated heterocycles. The van der Waals surface area contributed by atoms with Crippen molar-refractivity contribution in [3.8, 4) is 5.75 Å². The van der Waals surface area contributed by atoms with E-state index >= 15 is 4.79 Å². The third kappa shape index (κ3) is 20.0. The maximum Gasteiger partial charge on any atom is 0.508 e. The van der Waals surface area contributed by atoms with Gasteiger partial charge in [-0.05, 0) is 167 Å². The molecule has 0 bridgehead atoms. The molecule has 2 aromatic carbocycles. The summed E-state index contributed by atoms with van der Waals surface area (Å²) in [5, 5.41) is 0.0367. The molecule has 2 aliphatic rings. The highest BCUT2D eigenvalue weighted by molar-refractivity contribution is 7.18. The summed E-state index contributed by atoms with van der Waals surface area (Å²) in [5.41, 5.74) is 1.88. The molecule has 20 heteroatoms. The van der Waals surface area contributed by atoms with Crippen molar-refractivity contribution in [3.63, 3.8) is 0 Å². The Bertz CT molecular complexity index is 3020. The van der Waals surface area contributed by atoms with E-state index in [1.807, 2.05) is 25.1 Å². The van der Waals surface area contributed by atoms with Crippen molar-refractivity contribution in [2.24, 2.45) is 17.3 Å². The van der Waals surface area contributed by atoms with Gasteiger partial charge in [-0.3, -0.25) is 9.59 Å². The van der Waals surface area contributed by atoms with Crippen LogP contribution in [0.3, 0.4) is 0 Å². The van der Waals surface area contributed by atoms with Gasteiger partial charge in [-0.2, -0.15) is 0 Å². The quantitative estimate of drug-likeness (QED) is 0.0480. The van der Waals surface area contributed by atoms with Crippen LogP contribution in [0.5, 0.6) is 5.75 Å². The highest BCUT2D eigenvalue weighted by Crippen LogP contribution is 2.48. The molecule has 0 saturated carbocycles. The van der Waals surface area contributed by atoms with Crippen LogP contribution in [0.2, 0.25) is 72.5 Å². The number of ketones is 1. The van der Waals surface area contributed by atoms with Crippen LogP contribution in [0.4, 0.5) is 4.79 Å². The Kier molecular flexibility index (Phi) is 25.9. The van der Waals surface area contributed by atoms with E-state index in [2.05, 4.69) is 169 Å². The number of benzene rings is 2. The van der Waals surface area contributed by atoms with E-state index in [0.717, 1.165) is 45.6 Å². The smallest absolute Gasteiger partial charge is 0.462 e. The maximum atomic E-state index is 15.6. The Labute approximate surface area is 555 Å². The normalized spacial score (nSPS) is 25.6. The fourth-order valence-electron chi connectivity index (χ4n) is 10.3. The Morgan fingerprint density at radius 1 is 0.725 bits per heavy atom.